The molecule has 1 aliphatic carbocycles. The van der Waals surface area contributed by atoms with Crippen molar-refractivity contribution < 1.29 is 35.9 Å². The van der Waals surface area contributed by atoms with E-state index in [0.717, 1.165) is 48.4 Å². The van der Waals surface area contributed by atoms with Gasteiger partial charge in [0.25, 0.3) is 11.7 Å². The third kappa shape index (κ3) is 6.75. The Morgan fingerprint density at radius 3 is 2.09 bits per heavy atom. The van der Waals surface area contributed by atoms with Gasteiger partial charge in [0.05, 0.1) is 15.1 Å². The fourth-order valence-electron chi connectivity index (χ4n) is 5.45. The van der Waals surface area contributed by atoms with Gasteiger partial charge in [-0.15, -0.1) is 23.7 Å². The molecule has 0 bridgehead atoms. The lowest BCUT2D eigenvalue weighted by molar-refractivity contribution is -0.0885. The zero-order chi connectivity index (χ0) is 31.1. The molecule has 1 aromatic heterocycles. The number of alkyl halides is 3. The number of nitrogens with zero attached hydrogens (tertiary/aromatic N) is 1. The Bertz CT molecular complexity index is 1690. The van der Waals surface area contributed by atoms with Gasteiger partial charge >= 0.3 is 6.18 Å². The molecular weight excluding hydrogens is 649 g/mol. The van der Waals surface area contributed by atoms with Crippen molar-refractivity contribution in [3.8, 4) is 11.1 Å². The molecule has 1 saturated carbocycles. The number of Topliss-reactive ketones (excluding diaryl/α,β-unsaturated/α-hetero) is 1. The lowest BCUT2D eigenvalue weighted by Gasteiger charge is -2.37. The number of carbonyl (C=O) groups is 2. The van der Waals surface area contributed by atoms with Crippen molar-refractivity contribution >= 4 is 57.1 Å². The van der Waals surface area contributed by atoms with Gasteiger partial charge in [-0.3, -0.25) is 9.59 Å². The molecule has 4 nitrogen and oxygen atoms in total. The summed E-state index contributed by atoms with van der Waals surface area (Å²) in [5, 5.41) is 2.82. The quantitative estimate of drug-likeness (QED) is 0.157. The molecule has 4 aromatic rings. The Balaban J connectivity index is 0.00000442. The average molecular weight is 676 g/mol. The van der Waals surface area contributed by atoms with E-state index in [1.807, 2.05) is 7.05 Å². The van der Waals surface area contributed by atoms with Crippen LogP contribution in [0, 0.1) is 17.5 Å². The van der Waals surface area contributed by atoms with Crippen molar-refractivity contribution in [2.75, 3.05) is 7.05 Å². The van der Waals surface area contributed by atoms with Gasteiger partial charge in [0.15, 0.2) is 0 Å². The van der Waals surface area contributed by atoms with Gasteiger partial charge in [0, 0.05) is 29.8 Å². The first-order valence-corrected chi connectivity index (χ1v) is 14.6. The number of hydrogen-bond donors (Lipinski definition) is 1. The van der Waals surface area contributed by atoms with Gasteiger partial charge in [-0.25, -0.2) is 13.2 Å². The molecule has 1 heterocycles. The van der Waals surface area contributed by atoms with Gasteiger partial charge < -0.3 is 10.2 Å². The maximum atomic E-state index is 15.2. The van der Waals surface area contributed by atoms with Crippen LogP contribution >= 0.6 is 35.3 Å². The van der Waals surface area contributed by atoms with E-state index in [1.165, 1.54) is 35.2 Å². The number of carbonyl (C=O) groups excluding carboxylic acids is 2. The van der Waals surface area contributed by atoms with Crippen molar-refractivity contribution in [1.82, 2.24) is 10.2 Å². The van der Waals surface area contributed by atoms with E-state index in [0.29, 0.717) is 24.0 Å². The van der Waals surface area contributed by atoms with E-state index in [2.05, 4.69) is 5.32 Å². The highest BCUT2D eigenvalue weighted by Gasteiger charge is 2.39. The summed E-state index contributed by atoms with van der Waals surface area (Å²) < 4.78 is 82.7. The molecule has 0 radical (unpaired) electrons. The largest absolute Gasteiger partial charge is 0.454 e. The van der Waals surface area contributed by atoms with Crippen LogP contribution < -0.4 is 5.32 Å². The molecule has 1 aliphatic rings. The Hall–Kier alpha value is -3.12. The number of benzene rings is 3. The highest BCUT2D eigenvalue weighted by molar-refractivity contribution is 7.21. The zero-order valence-electron chi connectivity index (χ0n) is 23.1. The first-order valence-electron chi connectivity index (χ1n) is 13.4. The molecule has 1 fully saturated rings. The van der Waals surface area contributed by atoms with Crippen LogP contribution in [-0.2, 0) is 6.54 Å². The summed E-state index contributed by atoms with van der Waals surface area (Å²) in [5.41, 5.74) is 0.496. The summed E-state index contributed by atoms with van der Waals surface area (Å²) in [4.78, 5) is 27.0. The van der Waals surface area contributed by atoms with Crippen LogP contribution in [0.4, 0.5) is 26.3 Å². The summed E-state index contributed by atoms with van der Waals surface area (Å²) in [5.74, 6) is -4.66. The highest BCUT2D eigenvalue weighted by atomic mass is 35.5. The molecule has 0 spiro atoms. The number of hydrogen-bond acceptors (Lipinski definition) is 4. The Kier molecular flexibility index (Phi) is 10.3. The van der Waals surface area contributed by atoms with Gasteiger partial charge in [0.1, 0.15) is 22.3 Å². The first-order chi connectivity index (χ1) is 20.4. The molecule has 13 heteroatoms. The van der Waals surface area contributed by atoms with Crippen molar-refractivity contribution in [3.05, 3.63) is 93.1 Å². The van der Waals surface area contributed by atoms with Crippen molar-refractivity contribution in [1.29, 1.82) is 0 Å². The smallest absolute Gasteiger partial charge is 0.330 e. The summed E-state index contributed by atoms with van der Waals surface area (Å²) >= 11 is 7.18. The highest BCUT2D eigenvalue weighted by Crippen LogP contribution is 2.40. The van der Waals surface area contributed by atoms with Gasteiger partial charge in [0.2, 0.25) is 0 Å². The Labute approximate surface area is 264 Å². The van der Waals surface area contributed by atoms with E-state index >= 15 is 4.39 Å². The molecule has 1 N–H and O–H groups in total. The number of halogens is 8. The number of nitrogens with one attached hydrogen (secondary N) is 1. The maximum Gasteiger partial charge on any atom is 0.454 e. The van der Waals surface area contributed by atoms with Crippen LogP contribution in [-0.4, -0.2) is 41.9 Å². The molecule has 3 aromatic carbocycles. The molecule has 0 unspecified atom stereocenters. The molecule has 44 heavy (non-hydrogen) atoms. The summed E-state index contributed by atoms with van der Waals surface area (Å²) in [7, 11) is 1.85. The third-order valence-electron chi connectivity index (χ3n) is 7.81. The minimum Gasteiger partial charge on any atom is -0.330 e. The van der Waals surface area contributed by atoms with Crippen LogP contribution in [0.15, 0.2) is 54.6 Å². The fourth-order valence-corrected chi connectivity index (χ4v) is 6.95. The molecule has 0 saturated heterocycles. The van der Waals surface area contributed by atoms with Crippen LogP contribution in [0.5, 0.6) is 0 Å². The fraction of sp³-hybridized carbons (Fsp3) is 0.290. The summed E-state index contributed by atoms with van der Waals surface area (Å²) in [6.45, 7) is -0.187. The lowest BCUT2D eigenvalue weighted by Crippen LogP contribution is -2.44. The number of fused-ring (bicyclic) bond motifs is 1. The van der Waals surface area contributed by atoms with Crippen molar-refractivity contribution in [3.63, 3.8) is 0 Å². The third-order valence-corrected chi connectivity index (χ3v) is 9.48. The second kappa shape index (κ2) is 13.5. The molecule has 5 rings (SSSR count). The number of rotatable bonds is 7. The normalized spacial score (nSPS) is 16.9. The summed E-state index contributed by atoms with van der Waals surface area (Å²) in [6.07, 6.45) is -2.32. The number of amides is 1. The molecule has 1 amide bonds. The zero-order valence-corrected chi connectivity index (χ0v) is 25.5. The molecule has 0 atom stereocenters. The van der Waals surface area contributed by atoms with E-state index in [4.69, 9.17) is 11.6 Å². The van der Waals surface area contributed by atoms with Crippen LogP contribution in [0.25, 0.3) is 21.2 Å². The monoisotopic (exact) mass is 674 g/mol. The van der Waals surface area contributed by atoms with E-state index in [1.54, 1.807) is 0 Å². The second-order valence-electron chi connectivity index (χ2n) is 10.4. The molecule has 0 aliphatic heterocycles. The molecule has 234 valence electrons. The van der Waals surface area contributed by atoms with E-state index < -0.39 is 40.9 Å². The SMILES string of the molecule is CNC1CCC(N(Cc2cc(-c3ccc(C(=O)C(F)(F)F)cc3)ccc2F)C(=O)c2sc3c(F)ccc(F)c3c2Cl)CC1.Cl. The van der Waals surface area contributed by atoms with Gasteiger partial charge in [-0.1, -0.05) is 41.9 Å². The van der Waals surface area contributed by atoms with Crippen molar-refractivity contribution in [2.45, 2.75) is 50.5 Å². The second-order valence-corrected chi connectivity index (χ2v) is 11.8. The van der Waals surface area contributed by atoms with Crippen LogP contribution in [0.1, 0.15) is 51.3 Å². The predicted molar refractivity (Wildman–Crippen MR) is 161 cm³/mol. The predicted octanol–water partition coefficient (Wildman–Crippen LogP) is 8.98. The first kappa shape index (κ1) is 33.8. The number of ketones is 1. The van der Waals surface area contributed by atoms with Crippen LogP contribution in [0.3, 0.4) is 0 Å². The van der Waals surface area contributed by atoms with Gasteiger partial charge in [-0.05, 0) is 68.1 Å². The summed E-state index contributed by atoms with van der Waals surface area (Å²) in [6, 6.07) is 10.7. The molecular formula is C31H26Cl2F6N2O2S. The number of thiophene rings is 1. The Morgan fingerprint density at radius 2 is 1.50 bits per heavy atom. The minimum atomic E-state index is -5.01. The standard InChI is InChI=1S/C31H25ClF6N2O2S.ClH/c1-39-20-7-9-21(10-8-20)40(30(42)28-26(32)25-23(34)12-13-24(35)27(25)43-28)15-19-14-18(6-11-22(19)33)16-2-4-17(5-3-16)29(41)31(36,37)38;/h2-6,11-14,20-21,39H,7-10,15H2,1H3;1H. The van der Waals surface area contributed by atoms with Gasteiger partial charge in [-0.2, -0.15) is 13.2 Å². The topological polar surface area (TPSA) is 49.4 Å². The average Bonchev–Trinajstić information content (AvgIpc) is 3.36. The van der Waals surface area contributed by atoms with E-state index in [9.17, 15) is 31.5 Å². The minimum absolute atomic E-state index is 0. The van der Waals surface area contributed by atoms with Crippen molar-refractivity contribution in [2.24, 2.45) is 0 Å². The van der Waals surface area contributed by atoms with Crippen LogP contribution in [0.2, 0.25) is 5.02 Å². The Morgan fingerprint density at radius 1 is 0.909 bits per heavy atom. The lowest BCUT2D eigenvalue weighted by atomic mass is 9.89. The maximum absolute atomic E-state index is 15.2. The van der Waals surface area contributed by atoms with E-state index in [-0.39, 0.29) is 56.6 Å².